The van der Waals surface area contributed by atoms with Gasteiger partial charge < -0.3 is 14.5 Å². The van der Waals surface area contributed by atoms with Crippen LogP contribution in [0.5, 0.6) is 0 Å². The number of ether oxygens (including phenoxy) is 1. The first-order valence-electron chi connectivity index (χ1n) is 10.7. The fourth-order valence-corrected chi connectivity index (χ4v) is 4.31. The number of rotatable bonds is 3. The number of carbonyl (C=O) groups excluding carboxylic acids is 2. The van der Waals surface area contributed by atoms with Gasteiger partial charge in [-0.15, -0.1) is 0 Å². The van der Waals surface area contributed by atoms with E-state index in [1.165, 1.54) is 0 Å². The molecular weight excluding hydrogens is 447 g/mol. The Bertz CT molecular complexity index is 986. The molecule has 172 valence electrons. The summed E-state index contributed by atoms with van der Waals surface area (Å²) in [5.74, 6) is -0.151. The molecule has 2 aromatic rings. The number of hydrogen-bond donors (Lipinski definition) is 0. The van der Waals surface area contributed by atoms with Gasteiger partial charge in [0.15, 0.2) is 0 Å². The van der Waals surface area contributed by atoms with Gasteiger partial charge in [-0.3, -0.25) is 4.79 Å². The van der Waals surface area contributed by atoms with Crippen LogP contribution >= 0.6 is 23.2 Å². The maximum Gasteiger partial charge on any atom is 0.410 e. The summed E-state index contributed by atoms with van der Waals surface area (Å²) in [5.41, 5.74) is 2.02. The van der Waals surface area contributed by atoms with E-state index in [2.05, 4.69) is 0 Å². The molecule has 1 fully saturated rings. The van der Waals surface area contributed by atoms with Crippen molar-refractivity contribution in [2.75, 3.05) is 20.1 Å². The number of piperidine rings is 1. The van der Waals surface area contributed by atoms with Crippen molar-refractivity contribution < 1.29 is 14.3 Å². The molecule has 7 heteroatoms. The summed E-state index contributed by atoms with van der Waals surface area (Å²) in [7, 11) is 1.82. The van der Waals surface area contributed by atoms with Gasteiger partial charge in [0.2, 0.25) is 0 Å². The Kier molecular flexibility index (Phi) is 7.41. The van der Waals surface area contributed by atoms with Crippen LogP contribution in [0.3, 0.4) is 0 Å². The highest BCUT2D eigenvalue weighted by atomic mass is 35.5. The average Bonchev–Trinajstić information content (AvgIpc) is 2.73. The molecule has 1 aliphatic rings. The van der Waals surface area contributed by atoms with Crippen LogP contribution in [-0.4, -0.2) is 53.6 Å². The van der Waals surface area contributed by atoms with Gasteiger partial charge in [-0.25, -0.2) is 4.79 Å². The summed E-state index contributed by atoms with van der Waals surface area (Å²) in [5, 5.41) is 1.28. The molecule has 2 amide bonds. The van der Waals surface area contributed by atoms with Crippen molar-refractivity contribution in [1.29, 1.82) is 0 Å². The molecule has 0 aromatic heterocycles. The largest absolute Gasteiger partial charge is 0.444 e. The van der Waals surface area contributed by atoms with Crippen molar-refractivity contribution in [3.63, 3.8) is 0 Å². The molecule has 1 saturated heterocycles. The number of benzene rings is 2. The number of nitrogens with zero attached hydrogens (tertiary/aromatic N) is 2. The molecule has 3 rings (SSSR count). The number of halogens is 2. The Morgan fingerprint density at radius 3 is 2.34 bits per heavy atom. The summed E-state index contributed by atoms with van der Waals surface area (Å²) in [6.45, 7) is 8.50. The second-order valence-corrected chi connectivity index (χ2v) is 10.2. The van der Waals surface area contributed by atoms with Gasteiger partial charge in [0.1, 0.15) is 5.60 Å². The Morgan fingerprint density at radius 2 is 1.75 bits per heavy atom. The van der Waals surface area contributed by atoms with Crippen LogP contribution in [0.1, 0.15) is 54.6 Å². The molecular formula is C25H30Cl2N2O3. The van der Waals surface area contributed by atoms with Gasteiger partial charge in [-0.1, -0.05) is 35.3 Å². The second-order valence-electron chi connectivity index (χ2n) is 9.32. The van der Waals surface area contributed by atoms with Crippen molar-refractivity contribution in [2.24, 2.45) is 0 Å². The van der Waals surface area contributed by atoms with E-state index in [9.17, 15) is 9.59 Å². The van der Waals surface area contributed by atoms with Gasteiger partial charge in [0, 0.05) is 47.7 Å². The Hall–Kier alpha value is -2.24. The first kappa shape index (κ1) is 24.4. The first-order chi connectivity index (χ1) is 15.0. The van der Waals surface area contributed by atoms with E-state index in [-0.39, 0.29) is 24.0 Å². The summed E-state index contributed by atoms with van der Waals surface area (Å²) >= 11 is 12.2. The van der Waals surface area contributed by atoms with Gasteiger partial charge in [-0.05, 0) is 75.6 Å². The summed E-state index contributed by atoms with van der Waals surface area (Å²) in [4.78, 5) is 29.5. The molecule has 2 atom stereocenters. The summed E-state index contributed by atoms with van der Waals surface area (Å²) in [6.07, 6.45) is 0.305. The van der Waals surface area contributed by atoms with E-state index in [0.29, 0.717) is 35.1 Å². The molecule has 0 radical (unpaired) electrons. The van der Waals surface area contributed by atoms with Crippen LogP contribution in [0.2, 0.25) is 10.0 Å². The monoisotopic (exact) mass is 476 g/mol. The zero-order valence-electron chi connectivity index (χ0n) is 19.2. The minimum atomic E-state index is -0.568. The number of carbonyl (C=O) groups is 2. The van der Waals surface area contributed by atoms with Gasteiger partial charge in [0.05, 0.1) is 0 Å². The minimum Gasteiger partial charge on any atom is -0.444 e. The second kappa shape index (κ2) is 9.72. The third-order valence-electron chi connectivity index (χ3n) is 5.75. The Labute approximate surface area is 200 Å². The van der Waals surface area contributed by atoms with Crippen LogP contribution in [-0.2, 0) is 4.74 Å². The predicted molar refractivity (Wildman–Crippen MR) is 129 cm³/mol. The van der Waals surface area contributed by atoms with Crippen molar-refractivity contribution in [3.05, 3.63) is 69.2 Å². The molecule has 1 aliphatic heterocycles. The molecule has 0 saturated carbocycles. The maximum absolute atomic E-state index is 13.2. The van der Waals surface area contributed by atoms with Crippen LogP contribution in [0.4, 0.5) is 4.79 Å². The highest BCUT2D eigenvalue weighted by Crippen LogP contribution is 2.33. The van der Waals surface area contributed by atoms with E-state index in [0.717, 1.165) is 11.1 Å². The molecule has 32 heavy (non-hydrogen) atoms. The molecule has 2 aromatic carbocycles. The van der Waals surface area contributed by atoms with E-state index < -0.39 is 5.60 Å². The number of amides is 2. The highest BCUT2D eigenvalue weighted by Gasteiger charge is 2.38. The smallest absolute Gasteiger partial charge is 0.410 e. The van der Waals surface area contributed by atoms with Crippen LogP contribution < -0.4 is 0 Å². The molecule has 0 unspecified atom stereocenters. The molecule has 0 spiro atoms. The Balaban J connectivity index is 1.89. The fraction of sp³-hybridized carbons (Fsp3) is 0.440. The van der Waals surface area contributed by atoms with E-state index in [4.69, 9.17) is 27.9 Å². The summed E-state index contributed by atoms with van der Waals surface area (Å²) in [6, 6.07) is 12.7. The fourth-order valence-electron chi connectivity index (χ4n) is 4.07. The molecule has 0 bridgehead atoms. The van der Waals surface area contributed by atoms with Crippen LogP contribution in [0, 0.1) is 6.92 Å². The third-order valence-corrected chi connectivity index (χ3v) is 6.42. The SMILES string of the molecule is Cc1cc([C@@H]2CN(C(=O)OC(C)(C)C)CC[C@H]2N(C)C(=O)c2ccc(Cl)cc2)ccc1Cl. The lowest BCUT2D eigenvalue weighted by Gasteiger charge is -2.43. The van der Waals surface area contributed by atoms with E-state index >= 15 is 0 Å². The zero-order chi connectivity index (χ0) is 23.6. The van der Waals surface area contributed by atoms with Crippen molar-refractivity contribution in [2.45, 2.75) is 51.7 Å². The number of likely N-dealkylation sites (tertiary alicyclic amines) is 1. The maximum atomic E-state index is 13.2. The van der Waals surface area contributed by atoms with Crippen LogP contribution in [0.25, 0.3) is 0 Å². The van der Waals surface area contributed by atoms with Gasteiger partial charge >= 0.3 is 6.09 Å². The minimum absolute atomic E-state index is 0.0755. The Morgan fingerprint density at radius 1 is 1.09 bits per heavy atom. The van der Waals surface area contributed by atoms with Crippen molar-refractivity contribution >= 4 is 35.2 Å². The van der Waals surface area contributed by atoms with Gasteiger partial charge in [-0.2, -0.15) is 0 Å². The van der Waals surface area contributed by atoms with Crippen LogP contribution in [0.15, 0.2) is 42.5 Å². The topological polar surface area (TPSA) is 49.9 Å². The normalized spacial score (nSPS) is 18.9. The number of aryl methyl sites for hydroxylation is 1. The van der Waals surface area contributed by atoms with E-state index in [1.807, 2.05) is 52.9 Å². The number of hydrogen-bond acceptors (Lipinski definition) is 3. The van der Waals surface area contributed by atoms with Gasteiger partial charge in [0.25, 0.3) is 5.91 Å². The lowest BCUT2D eigenvalue weighted by molar-refractivity contribution is 0.0124. The predicted octanol–water partition coefficient (Wildman–Crippen LogP) is 6.17. The lowest BCUT2D eigenvalue weighted by Crippen LogP contribution is -2.52. The zero-order valence-corrected chi connectivity index (χ0v) is 20.7. The summed E-state index contributed by atoms with van der Waals surface area (Å²) < 4.78 is 5.60. The molecule has 0 aliphatic carbocycles. The van der Waals surface area contributed by atoms with Crippen molar-refractivity contribution in [1.82, 2.24) is 9.80 Å². The number of likely N-dealkylation sites (N-methyl/N-ethyl adjacent to an activating group) is 1. The molecule has 5 nitrogen and oxygen atoms in total. The molecule has 1 heterocycles. The first-order valence-corrected chi connectivity index (χ1v) is 11.5. The molecule has 0 N–H and O–H groups in total. The highest BCUT2D eigenvalue weighted by molar-refractivity contribution is 6.31. The van der Waals surface area contributed by atoms with E-state index in [1.54, 1.807) is 34.1 Å². The standard InChI is InChI=1S/C25H30Cl2N2O3/c1-16-14-18(8-11-21(16)27)20-15-29(24(31)32-25(2,3)4)13-12-22(20)28(5)23(30)17-6-9-19(26)10-7-17/h6-11,14,20,22H,12-13,15H2,1-5H3/t20-,22+/m0/s1. The third kappa shape index (κ3) is 5.76. The quantitative estimate of drug-likeness (QED) is 0.532. The lowest BCUT2D eigenvalue weighted by atomic mass is 9.84. The van der Waals surface area contributed by atoms with Crippen molar-refractivity contribution in [3.8, 4) is 0 Å². The average molecular weight is 477 g/mol.